The largest absolute Gasteiger partial charge is 0.390 e. The minimum absolute atomic E-state index is 0.0387. The van der Waals surface area contributed by atoms with Crippen LogP contribution in [0.4, 0.5) is 5.69 Å². The quantitative estimate of drug-likeness (QED) is 0.367. The SMILES string of the molecule is CC/C=C(\C=C/CBr)c1nc2ccc([N+](=O)[O-])cn2c1CO. The van der Waals surface area contributed by atoms with Crippen molar-refractivity contribution in [2.45, 2.75) is 20.0 Å². The molecule has 0 spiro atoms. The van der Waals surface area contributed by atoms with Crippen LogP contribution in [-0.4, -0.2) is 24.7 Å². The van der Waals surface area contributed by atoms with Gasteiger partial charge in [-0.25, -0.2) is 4.98 Å². The molecular weight excluding hydrogens is 350 g/mol. The number of imidazole rings is 1. The predicted molar refractivity (Wildman–Crippen MR) is 89.0 cm³/mol. The Morgan fingerprint density at radius 3 is 2.91 bits per heavy atom. The number of alkyl halides is 1. The van der Waals surface area contributed by atoms with Crippen LogP contribution in [-0.2, 0) is 6.61 Å². The molecule has 0 aliphatic rings. The number of pyridine rings is 1. The Bertz CT molecular complexity index is 750. The van der Waals surface area contributed by atoms with Crippen LogP contribution >= 0.6 is 15.9 Å². The maximum absolute atomic E-state index is 10.9. The molecule has 2 aromatic rings. The second kappa shape index (κ2) is 7.33. The third-order valence-electron chi connectivity index (χ3n) is 3.15. The van der Waals surface area contributed by atoms with E-state index in [4.69, 9.17) is 0 Å². The number of hydrogen-bond donors (Lipinski definition) is 1. The molecule has 116 valence electrons. The number of allylic oxidation sites excluding steroid dienone is 4. The van der Waals surface area contributed by atoms with E-state index in [1.165, 1.54) is 12.3 Å². The van der Waals surface area contributed by atoms with Crippen molar-refractivity contribution < 1.29 is 10.0 Å². The second-order valence-electron chi connectivity index (χ2n) is 4.56. The van der Waals surface area contributed by atoms with Crippen molar-refractivity contribution in [2.24, 2.45) is 0 Å². The Hall–Kier alpha value is -1.99. The molecule has 0 fully saturated rings. The van der Waals surface area contributed by atoms with Gasteiger partial charge in [0, 0.05) is 11.4 Å². The number of aliphatic hydroxyl groups excluding tert-OH is 1. The fraction of sp³-hybridized carbons (Fsp3) is 0.267. The maximum atomic E-state index is 10.9. The average molecular weight is 366 g/mol. The molecule has 0 radical (unpaired) electrons. The normalized spacial score (nSPS) is 12.4. The molecule has 2 aromatic heterocycles. The van der Waals surface area contributed by atoms with Crippen LogP contribution in [0, 0.1) is 10.1 Å². The molecule has 2 heterocycles. The van der Waals surface area contributed by atoms with Crippen LogP contribution in [0.5, 0.6) is 0 Å². The lowest BCUT2D eigenvalue weighted by molar-refractivity contribution is -0.385. The van der Waals surface area contributed by atoms with Crippen LogP contribution in [0.1, 0.15) is 24.7 Å². The van der Waals surface area contributed by atoms with Gasteiger partial charge in [-0.3, -0.25) is 14.5 Å². The fourth-order valence-corrected chi connectivity index (χ4v) is 2.39. The first-order valence-corrected chi connectivity index (χ1v) is 7.93. The molecule has 0 aromatic carbocycles. The van der Waals surface area contributed by atoms with Crippen LogP contribution in [0.3, 0.4) is 0 Å². The molecule has 0 atom stereocenters. The van der Waals surface area contributed by atoms with Crippen molar-refractivity contribution in [1.29, 1.82) is 0 Å². The van der Waals surface area contributed by atoms with Crippen molar-refractivity contribution >= 4 is 32.8 Å². The molecule has 22 heavy (non-hydrogen) atoms. The first-order valence-electron chi connectivity index (χ1n) is 6.81. The van der Waals surface area contributed by atoms with Gasteiger partial charge in [0.2, 0.25) is 0 Å². The van der Waals surface area contributed by atoms with Gasteiger partial charge in [0.05, 0.1) is 29.1 Å². The zero-order valence-electron chi connectivity index (χ0n) is 12.1. The van der Waals surface area contributed by atoms with E-state index in [9.17, 15) is 15.2 Å². The lowest BCUT2D eigenvalue weighted by Crippen LogP contribution is -1.98. The summed E-state index contributed by atoms with van der Waals surface area (Å²) in [5, 5.41) is 21.3. The van der Waals surface area contributed by atoms with Gasteiger partial charge in [-0.2, -0.15) is 0 Å². The molecule has 1 N–H and O–H groups in total. The van der Waals surface area contributed by atoms with Gasteiger partial charge in [0.15, 0.2) is 0 Å². The van der Waals surface area contributed by atoms with Crippen LogP contribution < -0.4 is 0 Å². The second-order valence-corrected chi connectivity index (χ2v) is 5.21. The number of rotatable bonds is 6. The molecule has 0 unspecified atom stereocenters. The Morgan fingerprint density at radius 2 is 2.32 bits per heavy atom. The molecule has 2 rings (SSSR count). The summed E-state index contributed by atoms with van der Waals surface area (Å²) in [6.07, 6.45) is 8.08. The number of nitro groups is 1. The molecule has 0 saturated carbocycles. The lowest BCUT2D eigenvalue weighted by atomic mass is 10.1. The molecule has 6 nitrogen and oxygen atoms in total. The van der Waals surface area contributed by atoms with Crippen molar-refractivity contribution in [3.63, 3.8) is 0 Å². The maximum Gasteiger partial charge on any atom is 0.286 e. The van der Waals surface area contributed by atoms with Crippen molar-refractivity contribution in [3.05, 3.63) is 58.1 Å². The van der Waals surface area contributed by atoms with Gasteiger partial charge in [-0.1, -0.05) is 41.1 Å². The number of aliphatic hydroxyl groups is 1. The topological polar surface area (TPSA) is 80.7 Å². The van der Waals surface area contributed by atoms with E-state index in [1.807, 2.05) is 25.2 Å². The highest BCUT2D eigenvalue weighted by atomic mass is 79.9. The molecule has 0 saturated heterocycles. The third kappa shape index (κ3) is 3.26. The standard InChI is InChI=1S/C15H16BrN3O3/c1-2-4-11(5-3-8-16)15-13(10-20)18-9-12(19(21)22)6-7-14(18)17-15/h3-7,9,20H,2,8,10H2,1H3/b5-3-,11-4+. The molecular formula is C15H16BrN3O3. The van der Waals surface area contributed by atoms with Gasteiger partial charge in [-0.05, 0) is 18.1 Å². The highest BCUT2D eigenvalue weighted by Crippen LogP contribution is 2.24. The van der Waals surface area contributed by atoms with Gasteiger partial charge < -0.3 is 5.11 Å². The van der Waals surface area contributed by atoms with Crippen molar-refractivity contribution in [3.8, 4) is 0 Å². The van der Waals surface area contributed by atoms with Gasteiger partial charge in [-0.15, -0.1) is 0 Å². The summed E-state index contributed by atoms with van der Waals surface area (Å²) in [4.78, 5) is 14.9. The van der Waals surface area contributed by atoms with Crippen LogP contribution in [0.15, 0.2) is 36.6 Å². The fourth-order valence-electron chi connectivity index (χ4n) is 2.21. The molecule has 0 bridgehead atoms. The number of fused-ring (bicyclic) bond motifs is 1. The summed E-state index contributed by atoms with van der Waals surface area (Å²) in [5.41, 5.74) is 2.60. The molecule has 0 aliphatic carbocycles. The van der Waals surface area contributed by atoms with E-state index in [0.717, 1.165) is 12.0 Å². The molecule has 7 heteroatoms. The molecule has 0 amide bonds. The Labute approximate surface area is 136 Å². The number of aromatic nitrogens is 2. The monoisotopic (exact) mass is 365 g/mol. The summed E-state index contributed by atoms with van der Waals surface area (Å²) < 4.78 is 1.57. The molecule has 0 aliphatic heterocycles. The summed E-state index contributed by atoms with van der Waals surface area (Å²) in [5.74, 6) is 0. The van der Waals surface area contributed by atoms with Gasteiger partial charge in [0.1, 0.15) is 5.65 Å². The minimum atomic E-state index is -0.464. The first-order chi connectivity index (χ1) is 10.6. The van der Waals surface area contributed by atoms with E-state index in [2.05, 4.69) is 20.9 Å². The summed E-state index contributed by atoms with van der Waals surface area (Å²) in [6.45, 7) is 1.77. The van der Waals surface area contributed by atoms with Crippen LogP contribution in [0.25, 0.3) is 11.2 Å². The highest BCUT2D eigenvalue weighted by Gasteiger charge is 2.16. The Balaban J connectivity index is 2.65. The van der Waals surface area contributed by atoms with E-state index in [0.29, 0.717) is 22.4 Å². The average Bonchev–Trinajstić information content (AvgIpc) is 2.88. The van der Waals surface area contributed by atoms with Gasteiger partial charge >= 0.3 is 0 Å². The van der Waals surface area contributed by atoms with Gasteiger partial charge in [0.25, 0.3) is 5.69 Å². The first kappa shape index (κ1) is 16.4. The zero-order chi connectivity index (χ0) is 16.1. The van der Waals surface area contributed by atoms with E-state index in [-0.39, 0.29) is 12.3 Å². The third-order valence-corrected chi connectivity index (χ3v) is 3.52. The summed E-state index contributed by atoms with van der Waals surface area (Å²) in [7, 11) is 0. The number of nitrogens with zero attached hydrogens (tertiary/aromatic N) is 3. The Kier molecular flexibility index (Phi) is 5.46. The minimum Gasteiger partial charge on any atom is -0.390 e. The summed E-state index contributed by atoms with van der Waals surface area (Å²) >= 11 is 3.33. The summed E-state index contributed by atoms with van der Waals surface area (Å²) in [6, 6.07) is 2.99. The van der Waals surface area contributed by atoms with E-state index < -0.39 is 4.92 Å². The van der Waals surface area contributed by atoms with E-state index in [1.54, 1.807) is 10.5 Å². The Morgan fingerprint density at radius 1 is 1.55 bits per heavy atom. The number of hydrogen-bond acceptors (Lipinski definition) is 4. The zero-order valence-corrected chi connectivity index (χ0v) is 13.7. The van der Waals surface area contributed by atoms with Crippen molar-refractivity contribution in [1.82, 2.24) is 9.38 Å². The number of halogens is 1. The van der Waals surface area contributed by atoms with Crippen LogP contribution in [0.2, 0.25) is 0 Å². The lowest BCUT2D eigenvalue weighted by Gasteiger charge is -2.03. The van der Waals surface area contributed by atoms with Crippen molar-refractivity contribution in [2.75, 3.05) is 5.33 Å². The smallest absolute Gasteiger partial charge is 0.286 e. The van der Waals surface area contributed by atoms with E-state index >= 15 is 0 Å². The highest BCUT2D eigenvalue weighted by molar-refractivity contribution is 9.09. The predicted octanol–water partition coefficient (Wildman–Crippen LogP) is 3.48.